The molecular weight excluding hydrogens is 405 g/mol. The number of esters is 1. The second-order valence-electron chi connectivity index (χ2n) is 5.69. The standard InChI is InChI=1S/C20H19Cl2NO5/c1-12-8-14(21)5-6-16(12)23-18(24)11-28-19(25)7-4-13-9-15(22)20(27-3)17(10-13)26-2/h4-10H,11H2,1-3H3,(H,23,24)/b7-4+. The molecule has 148 valence electrons. The fraction of sp³-hybridized carbons (Fsp3) is 0.200. The van der Waals surface area contributed by atoms with Gasteiger partial charge in [-0.25, -0.2) is 4.79 Å². The number of benzene rings is 2. The van der Waals surface area contributed by atoms with Crippen LogP contribution in [0.4, 0.5) is 5.69 Å². The monoisotopic (exact) mass is 423 g/mol. The molecule has 0 spiro atoms. The van der Waals surface area contributed by atoms with Crippen LogP contribution in [-0.2, 0) is 14.3 Å². The number of carbonyl (C=O) groups excluding carboxylic acids is 2. The molecule has 2 aromatic carbocycles. The summed E-state index contributed by atoms with van der Waals surface area (Å²) in [4.78, 5) is 23.8. The van der Waals surface area contributed by atoms with E-state index in [2.05, 4.69) is 5.32 Å². The Morgan fingerprint density at radius 3 is 2.50 bits per heavy atom. The molecule has 0 unspecified atom stereocenters. The van der Waals surface area contributed by atoms with Crippen LogP contribution in [0.5, 0.6) is 11.5 Å². The molecule has 1 amide bonds. The van der Waals surface area contributed by atoms with Gasteiger partial charge in [-0.2, -0.15) is 0 Å². The lowest BCUT2D eigenvalue weighted by molar-refractivity contribution is -0.142. The van der Waals surface area contributed by atoms with E-state index in [1.54, 1.807) is 30.3 Å². The Morgan fingerprint density at radius 2 is 1.86 bits per heavy atom. The van der Waals surface area contributed by atoms with Gasteiger partial charge in [0, 0.05) is 16.8 Å². The normalized spacial score (nSPS) is 10.6. The number of carbonyl (C=O) groups is 2. The highest BCUT2D eigenvalue weighted by Crippen LogP contribution is 2.36. The SMILES string of the molecule is COc1cc(/C=C/C(=O)OCC(=O)Nc2ccc(Cl)cc2C)cc(Cl)c1OC. The van der Waals surface area contributed by atoms with Gasteiger partial charge in [-0.15, -0.1) is 0 Å². The first-order chi connectivity index (χ1) is 13.3. The van der Waals surface area contributed by atoms with Crippen molar-refractivity contribution in [2.75, 3.05) is 26.1 Å². The Hall–Kier alpha value is -2.70. The van der Waals surface area contributed by atoms with Crippen molar-refractivity contribution in [3.8, 4) is 11.5 Å². The van der Waals surface area contributed by atoms with Crippen LogP contribution in [0.15, 0.2) is 36.4 Å². The van der Waals surface area contributed by atoms with Crippen LogP contribution in [0.3, 0.4) is 0 Å². The van der Waals surface area contributed by atoms with Gasteiger partial charge in [-0.1, -0.05) is 23.2 Å². The fourth-order valence-corrected chi connectivity index (χ4v) is 2.86. The van der Waals surface area contributed by atoms with Crippen LogP contribution in [0.1, 0.15) is 11.1 Å². The molecule has 0 radical (unpaired) electrons. The minimum atomic E-state index is -0.672. The van der Waals surface area contributed by atoms with Crippen molar-refractivity contribution >= 4 is 46.8 Å². The third-order valence-corrected chi connectivity index (χ3v) is 4.19. The molecular formula is C20H19Cl2NO5. The topological polar surface area (TPSA) is 73.9 Å². The molecule has 8 heteroatoms. The van der Waals surface area contributed by atoms with Gasteiger partial charge < -0.3 is 19.5 Å². The first-order valence-corrected chi connectivity index (χ1v) is 8.92. The van der Waals surface area contributed by atoms with E-state index < -0.39 is 18.5 Å². The second kappa shape index (κ2) is 10.0. The second-order valence-corrected chi connectivity index (χ2v) is 6.53. The number of hydrogen-bond acceptors (Lipinski definition) is 5. The van der Waals surface area contributed by atoms with Gasteiger partial charge in [0.1, 0.15) is 0 Å². The van der Waals surface area contributed by atoms with E-state index in [0.29, 0.717) is 32.8 Å². The maximum absolute atomic E-state index is 11.9. The zero-order valence-electron chi connectivity index (χ0n) is 15.5. The van der Waals surface area contributed by atoms with E-state index in [1.807, 2.05) is 6.92 Å². The number of ether oxygens (including phenoxy) is 3. The summed E-state index contributed by atoms with van der Waals surface area (Å²) in [7, 11) is 2.96. The molecule has 0 saturated heterocycles. The van der Waals surface area contributed by atoms with Crippen LogP contribution in [0.25, 0.3) is 6.08 Å². The summed E-state index contributed by atoms with van der Waals surface area (Å²) in [6, 6.07) is 8.33. The zero-order valence-corrected chi connectivity index (χ0v) is 17.1. The predicted octanol–water partition coefficient (Wildman–Crippen LogP) is 4.51. The number of methoxy groups -OCH3 is 2. The highest BCUT2D eigenvalue weighted by Gasteiger charge is 2.11. The Labute approximate surface area is 173 Å². The Bertz CT molecular complexity index is 912. The molecule has 0 heterocycles. The summed E-state index contributed by atoms with van der Waals surface area (Å²) in [5, 5.41) is 3.57. The van der Waals surface area contributed by atoms with Gasteiger partial charge in [0.15, 0.2) is 18.1 Å². The maximum Gasteiger partial charge on any atom is 0.331 e. The summed E-state index contributed by atoms with van der Waals surface area (Å²) in [6.07, 6.45) is 2.69. The third kappa shape index (κ3) is 5.90. The average Bonchev–Trinajstić information content (AvgIpc) is 2.66. The van der Waals surface area contributed by atoms with Crippen molar-refractivity contribution in [1.82, 2.24) is 0 Å². The number of halogens is 2. The molecule has 0 aliphatic carbocycles. The van der Waals surface area contributed by atoms with Crippen LogP contribution in [0, 0.1) is 6.92 Å². The smallest absolute Gasteiger partial charge is 0.331 e. The Morgan fingerprint density at radius 1 is 1.11 bits per heavy atom. The van der Waals surface area contributed by atoms with Crippen molar-refractivity contribution in [1.29, 1.82) is 0 Å². The van der Waals surface area contributed by atoms with Crippen molar-refractivity contribution in [2.45, 2.75) is 6.92 Å². The average molecular weight is 424 g/mol. The zero-order chi connectivity index (χ0) is 20.7. The fourth-order valence-electron chi connectivity index (χ4n) is 2.34. The largest absolute Gasteiger partial charge is 0.493 e. The van der Waals surface area contributed by atoms with Gasteiger partial charge in [-0.05, 0) is 54.5 Å². The molecule has 0 aliphatic heterocycles. The third-order valence-electron chi connectivity index (χ3n) is 3.68. The summed E-state index contributed by atoms with van der Waals surface area (Å²) < 4.78 is 15.3. The van der Waals surface area contributed by atoms with Crippen molar-refractivity contribution < 1.29 is 23.8 Å². The lowest BCUT2D eigenvalue weighted by Gasteiger charge is -2.10. The van der Waals surface area contributed by atoms with Gasteiger partial charge >= 0.3 is 5.97 Å². The van der Waals surface area contributed by atoms with Gasteiger partial charge in [0.25, 0.3) is 5.91 Å². The lowest BCUT2D eigenvalue weighted by Crippen LogP contribution is -2.20. The van der Waals surface area contributed by atoms with Crippen molar-refractivity contribution in [2.24, 2.45) is 0 Å². The van der Waals surface area contributed by atoms with Crippen LogP contribution in [0.2, 0.25) is 10.0 Å². The first-order valence-electron chi connectivity index (χ1n) is 8.16. The molecule has 0 aromatic heterocycles. The van der Waals surface area contributed by atoms with E-state index in [1.165, 1.54) is 26.4 Å². The van der Waals surface area contributed by atoms with E-state index in [-0.39, 0.29) is 0 Å². The lowest BCUT2D eigenvalue weighted by atomic mass is 10.2. The molecule has 0 bridgehead atoms. The Balaban J connectivity index is 1.93. The number of anilines is 1. The number of hydrogen-bond donors (Lipinski definition) is 1. The maximum atomic E-state index is 11.9. The minimum Gasteiger partial charge on any atom is -0.493 e. The van der Waals surface area contributed by atoms with Crippen LogP contribution in [-0.4, -0.2) is 32.7 Å². The molecule has 0 saturated carbocycles. The molecule has 2 aromatic rings. The molecule has 2 rings (SSSR count). The van der Waals surface area contributed by atoms with E-state index in [4.69, 9.17) is 37.4 Å². The van der Waals surface area contributed by atoms with E-state index in [0.717, 1.165) is 5.56 Å². The predicted molar refractivity (Wildman–Crippen MR) is 109 cm³/mol. The van der Waals surface area contributed by atoms with Crippen LogP contribution >= 0.6 is 23.2 Å². The molecule has 0 aliphatic rings. The number of nitrogens with one attached hydrogen (secondary N) is 1. The van der Waals surface area contributed by atoms with E-state index >= 15 is 0 Å². The number of aryl methyl sites for hydroxylation is 1. The summed E-state index contributed by atoms with van der Waals surface area (Å²) in [5.41, 5.74) is 2.01. The first kappa shape index (κ1) is 21.6. The van der Waals surface area contributed by atoms with E-state index in [9.17, 15) is 9.59 Å². The van der Waals surface area contributed by atoms with Crippen molar-refractivity contribution in [3.63, 3.8) is 0 Å². The molecule has 1 N–H and O–H groups in total. The number of amides is 1. The van der Waals surface area contributed by atoms with Crippen molar-refractivity contribution in [3.05, 3.63) is 57.6 Å². The summed E-state index contributed by atoms with van der Waals surface area (Å²) in [5.74, 6) is -0.297. The van der Waals surface area contributed by atoms with Gasteiger partial charge in [0.05, 0.1) is 19.2 Å². The molecule has 0 atom stereocenters. The van der Waals surface area contributed by atoms with Gasteiger partial charge in [0.2, 0.25) is 0 Å². The molecule has 0 fully saturated rings. The number of rotatable bonds is 7. The Kier molecular flexibility index (Phi) is 7.72. The van der Waals surface area contributed by atoms with Gasteiger partial charge in [-0.3, -0.25) is 4.79 Å². The summed E-state index contributed by atoms with van der Waals surface area (Å²) in [6.45, 7) is 1.39. The quantitative estimate of drug-likeness (QED) is 0.523. The highest BCUT2D eigenvalue weighted by atomic mass is 35.5. The molecule has 28 heavy (non-hydrogen) atoms. The molecule has 6 nitrogen and oxygen atoms in total. The minimum absolute atomic E-state index is 0.340. The summed E-state index contributed by atoms with van der Waals surface area (Å²) >= 11 is 12.0. The van der Waals surface area contributed by atoms with Crippen LogP contribution < -0.4 is 14.8 Å². The highest BCUT2D eigenvalue weighted by molar-refractivity contribution is 6.32.